The fourth-order valence-corrected chi connectivity index (χ4v) is 0.895. The van der Waals surface area contributed by atoms with Gasteiger partial charge in [-0.2, -0.15) is 0 Å². The molecule has 0 aromatic heterocycles. The predicted octanol–water partition coefficient (Wildman–Crippen LogP) is 2.83. The van der Waals surface area contributed by atoms with E-state index in [1.807, 2.05) is 6.08 Å². The van der Waals surface area contributed by atoms with Gasteiger partial charge in [-0.3, -0.25) is 0 Å². The molecule has 1 aliphatic carbocycles. The molecule has 0 bridgehead atoms. The van der Waals surface area contributed by atoms with Crippen LogP contribution >= 0.6 is 0 Å². The molecule has 50 valence electrons. The Morgan fingerprint density at radius 2 is 2.44 bits per heavy atom. The minimum absolute atomic E-state index is 0.00981. The van der Waals surface area contributed by atoms with Gasteiger partial charge in [0.25, 0.3) is 0 Å². The first-order valence-electron chi connectivity index (χ1n) is 3.32. The van der Waals surface area contributed by atoms with Gasteiger partial charge in [-0.25, -0.2) is 4.39 Å². The monoisotopic (exact) mass is 126 g/mol. The number of allylic oxidation sites excluding steroid dienone is 4. The lowest BCUT2D eigenvalue weighted by atomic mass is 10.1. The summed E-state index contributed by atoms with van der Waals surface area (Å²) in [7, 11) is 0. The third-order valence-corrected chi connectivity index (χ3v) is 1.56. The molecule has 1 rings (SSSR count). The Bertz CT molecular complexity index is 145. The van der Waals surface area contributed by atoms with Crippen molar-refractivity contribution in [2.75, 3.05) is 0 Å². The molecule has 0 aromatic carbocycles. The molecule has 9 heavy (non-hydrogen) atoms. The second kappa shape index (κ2) is 2.81. The molecule has 0 aromatic rings. The lowest BCUT2D eigenvalue weighted by Crippen LogP contribution is -1.86. The fraction of sp³-hybridized carbons (Fsp3) is 0.500. The highest BCUT2D eigenvalue weighted by Crippen LogP contribution is 2.17. The summed E-state index contributed by atoms with van der Waals surface area (Å²) in [6, 6.07) is 0. The molecule has 0 N–H and O–H groups in total. The van der Waals surface area contributed by atoms with Crippen LogP contribution in [-0.2, 0) is 0 Å². The van der Waals surface area contributed by atoms with Gasteiger partial charge >= 0.3 is 0 Å². The van der Waals surface area contributed by atoms with Crippen LogP contribution in [0.15, 0.2) is 24.1 Å². The van der Waals surface area contributed by atoms with E-state index in [-0.39, 0.29) is 5.83 Å². The lowest BCUT2D eigenvalue weighted by Gasteiger charge is -1.99. The number of hydrogen-bond donors (Lipinski definition) is 0. The predicted molar refractivity (Wildman–Crippen MR) is 36.7 cm³/mol. The molecule has 0 saturated carbocycles. The summed E-state index contributed by atoms with van der Waals surface area (Å²) < 4.78 is 12.4. The van der Waals surface area contributed by atoms with Gasteiger partial charge in [-0.1, -0.05) is 19.1 Å². The van der Waals surface area contributed by atoms with Crippen molar-refractivity contribution < 1.29 is 4.39 Å². The van der Waals surface area contributed by atoms with Gasteiger partial charge in [0.1, 0.15) is 0 Å². The van der Waals surface area contributed by atoms with Crippen LogP contribution in [0, 0.1) is 5.92 Å². The van der Waals surface area contributed by atoms with Crippen LogP contribution in [-0.4, -0.2) is 0 Å². The van der Waals surface area contributed by atoms with Gasteiger partial charge < -0.3 is 0 Å². The second-order valence-electron chi connectivity index (χ2n) is 2.51. The SMILES string of the molecule is CC1C=CC=C(F)CC1. The molecule has 1 heteroatoms. The standard InChI is InChI=1S/C8H11F/c1-7-3-2-4-8(9)6-5-7/h2-4,7H,5-6H2,1H3. The summed E-state index contributed by atoms with van der Waals surface area (Å²) >= 11 is 0. The Balaban J connectivity index is 2.55. The third kappa shape index (κ3) is 2.00. The van der Waals surface area contributed by atoms with Gasteiger partial charge in [0, 0.05) is 0 Å². The van der Waals surface area contributed by atoms with Gasteiger partial charge in [-0.15, -0.1) is 0 Å². The molecule has 1 aliphatic rings. The number of hydrogen-bond acceptors (Lipinski definition) is 0. The zero-order valence-electron chi connectivity index (χ0n) is 5.60. The lowest BCUT2D eigenvalue weighted by molar-refractivity contribution is 0.543. The maximum absolute atomic E-state index is 12.4. The van der Waals surface area contributed by atoms with Crippen LogP contribution in [0.1, 0.15) is 19.8 Å². The van der Waals surface area contributed by atoms with Crippen molar-refractivity contribution in [2.24, 2.45) is 5.92 Å². The molecule has 0 fully saturated rings. The normalized spacial score (nSPS) is 27.3. The third-order valence-electron chi connectivity index (χ3n) is 1.56. The summed E-state index contributed by atoms with van der Waals surface area (Å²) in [5, 5.41) is 0. The molecule has 0 amide bonds. The molecule has 0 nitrogen and oxygen atoms in total. The fourth-order valence-electron chi connectivity index (χ4n) is 0.895. The van der Waals surface area contributed by atoms with Crippen molar-refractivity contribution in [1.82, 2.24) is 0 Å². The molecule has 0 heterocycles. The van der Waals surface area contributed by atoms with E-state index in [0.717, 1.165) is 6.42 Å². The van der Waals surface area contributed by atoms with E-state index < -0.39 is 0 Å². The highest BCUT2D eigenvalue weighted by molar-refractivity contribution is 5.10. The summed E-state index contributed by atoms with van der Waals surface area (Å²) in [5.74, 6) is 0.546. The molecule has 1 unspecified atom stereocenters. The quantitative estimate of drug-likeness (QED) is 0.468. The van der Waals surface area contributed by atoms with Crippen molar-refractivity contribution in [3.8, 4) is 0 Å². The first kappa shape index (κ1) is 6.53. The minimum atomic E-state index is 0.00981. The van der Waals surface area contributed by atoms with Crippen molar-refractivity contribution in [3.05, 3.63) is 24.1 Å². The Morgan fingerprint density at radius 1 is 1.67 bits per heavy atom. The topological polar surface area (TPSA) is 0 Å². The Hall–Kier alpha value is -0.590. The molecule has 0 radical (unpaired) electrons. The van der Waals surface area contributed by atoms with Gasteiger partial charge in [0.05, 0.1) is 5.83 Å². The smallest absolute Gasteiger partial charge is 0.0999 e. The minimum Gasteiger partial charge on any atom is -0.212 e. The van der Waals surface area contributed by atoms with E-state index in [2.05, 4.69) is 6.92 Å². The van der Waals surface area contributed by atoms with E-state index in [1.54, 1.807) is 12.2 Å². The Kier molecular flexibility index (Phi) is 2.04. The largest absolute Gasteiger partial charge is 0.212 e. The molecular formula is C8H11F. The highest BCUT2D eigenvalue weighted by atomic mass is 19.1. The average molecular weight is 126 g/mol. The molecule has 0 aliphatic heterocycles. The molecule has 1 atom stereocenters. The van der Waals surface area contributed by atoms with Crippen LogP contribution < -0.4 is 0 Å². The Labute approximate surface area is 55.1 Å². The van der Waals surface area contributed by atoms with E-state index in [1.165, 1.54) is 0 Å². The van der Waals surface area contributed by atoms with Crippen molar-refractivity contribution in [3.63, 3.8) is 0 Å². The van der Waals surface area contributed by atoms with Gasteiger partial charge in [0.2, 0.25) is 0 Å². The number of halogens is 1. The van der Waals surface area contributed by atoms with Gasteiger partial charge in [-0.05, 0) is 24.8 Å². The Morgan fingerprint density at radius 3 is 3.22 bits per heavy atom. The summed E-state index contributed by atoms with van der Waals surface area (Å²) in [6.45, 7) is 2.10. The molecule has 0 saturated heterocycles. The van der Waals surface area contributed by atoms with E-state index >= 15 is 0 Å². The van der Waals surface area contributed by atoms with Crippen LogP contribution in [0.2, 0.25) is 0 Å². The maximum Gasteiger partial charge on any atom is 0.0999 e. The van der Waals surface area contributed by atoms with Crippen LogP contribution in [0.5, 0.6) is 0 Å². The van der Waals surface area contributed by atoms with Crippen LogP contribution in [0.25, 0.3) is 0 Å². The first-order valence-corrected chi connectivity index (χ1v) is 3.32. The molecular weight excluding hydrogens is 115 g/mol. The molecule has 0 spiro atoms. The van der Waals surface area contributed by atoms with Gasteiger partial charge in [0.15, 0.2) is 0 Å². The number of rotatable bonds is 0. The summed E-state index contributed by atoms with van der Waals surface area (Å²) in [5.41, 5.74) is 0. The average Bonchev–Trinajstić information content (AvgIpc) is 1.97. The van der Waals surface area contributed by atoms with Crippen LogP contribution in [0.4, 0.5) is 4.39 Å². The van der Waals surface area contributed by atoms with Crippen molar-refractivity contribution >= 4 is 0 Å². The van der Waals surface area contributed by atoms with E-state index in [9.17, 15) is 4.39 Å². The zero-order valence-corrected chi connectivity index (χ0v) is 5.60. The first-order chi connectivity index (χ1) is 4.29. The highest BCUT2D eigenvalue weighted by Gasteiger charge is 2.02. The van der Waals surface area contributed by atoms with E-state index in [4.69, 9.17) is 0 Å². The van der Waals surface area contributed by atoms with Crippen molar-refractivity contribution in [1.29, 1.82) is 0 Å². The second-order valence-corrected chi connectivity index (χ2v) is 2.51. The summed E-state index contributed by atoms with van der Waals surface area (Å²) in [6.07, 6.45) is 6.93. The van der Waals surface area contributed by atoms with Crippen molar-refractivity contribution in [2.45, 2.75) is 19.8 Å². The summed E-state index contributed by atoms with van der Waals surface area (Å²) in [4.78, 5) is 0. The zero-order chi connectivity index (χ0) is 6.69. The van der Waals surface area contributed by atoms with E-state index in [0.29, 0.717) is 12.3 Å². The van der Waals surface area contributed by atoms with Crippen LogP contribution in [0.3, 0.4) is 0 Å². The maximum atomic E-state index is 12.4.